The quantitative estimate of drug-likeness (QED) is 0.335. The Hall–Kier alpha value is -2.37. The Morgan fingerprint density at radius 2 is 2.03 bits per heavy atom. The van der Waals surface area contributed by atoms with E-state index in [1.165, 1.54) is 16.7 Å². The van der Waals surface area contributed by atoms with E-state index in [0.717, 1.165) is 29.7 Å². The first kappa shape index (κ1) is 24.3. The van der Waals surface area contributed by atoms with E-state index in [0.29, 0.717) is 11.7 Å². The van der Waals surface area contributed by atoms with Gasteiger partial charge in [0.2, 0.25) is 0 Å². The molecule has 1 aliphatic rings. The maximum absolute atomic E-state index is 12.7. The number of hydrogen-bond donors (Lipinski definition) is 4. The normalized spacial score (nSPS) is 16.2. The Balaban J connectivity index is 1.79. The fourth-order valence-electron chi connectivity index (χ4n) is 3.20. The van der Waals surface area contributed by atoms with Crippen LogP contribution in [-0.2, 0) is 10.0 Å². The zero-order chi connectivity index (χ0) is 23.8. The predicted octanol–water partition coefficient (Wildman–Crippen LogP) is 1.98. The van der Waals surface area contributed by atoms with Crippen LogP contribution in [0.15, 0.2) is 26.3 Å². The molecule has 0 aromatic carbocycles. The highest BCUT2D eigenvalue weighted by Crippen LogP contribution is 2.39. The highest BCUT2D eigenvalue weighted by molar-refractivity contribution is 7.91. The molecule has 0 aliphatic heterocycles. The molecule has 1 atom stereocenters. The van der Waals surface area contributed by atoms with Crippen LogP contribution in [0.25, 0.3) is 5.41 Å². The molecule has 3 rings (SSSR count). The number of nitrogens with one attached hydrogen (secondary N) is 2. The number of aromatic hydroxyl groups is 1. The van der Waals surface area contributed by atoms with Crippen molar-refractivity contribution in [3.8, 4) is 5.75 Å². The molecule has 0 bridgehead atoms. The highest BCUT2D eigenvalue weighted by atomic mass is 32.2. The van der Waals surface area contributed by atoms with Crippen molar-refractivity contribution in [1.82, 2.24) is 9.62 Å². The minimum absolute atomic E-state index is 0.0260. The molecule has 0 amide bonds. The molecule has 0 unspecified atom stereocenters. The minimum Gasteiger partial charge on any atom is -0.502 e. The van der Waals surface area contributed by atoms with Gasteiger partial charge in [0, 0.05) is 30.3 Å². The molecule has 2 aromatic rings. The summed E-state index contributed by atoms with van der Waals surface area (Å²) < 4.78 is 32.3. The average Bonchev–Trinajstić information content (AvgIpc) is 3.33. The maximum atomic E-state index is 12.7. The molecule has 11 heteroatoms. The van der Waals surface area contributed by atoms with Crippen LogP contribution in [-0.4, -0.2) is 42.6 Å². The van der Waals surface area contributed by atoms with Gasteiger partial charge in [-0.15, -0.1) is 11.3 Å². The monoisotopic (exact) mass is 481 g/mol. The lowest BCUT2D eigenvalue weighted by atomic mass is 9.99. The number of sulfonamides is 1. The standard InChI is InChI=1S/C21H30N5O4S2/c1-11(2)13-8-16(30-9-13)17(12(3)4)25-20(23)19(22)24-15-10-31-21(18(15)27)32(28,29)26(5)14-6-7-14/h8-12,14,17H,6-7H2,1-5H3,(H4-,22,23,24,25,27)/q-1/p+1/t17-/m1/s1. The average molecular weight is 482 g/mol. The third kappa shape index (κ3) is 5.00. The lowest BCUT2D eigenvalue weighted by Crippen LogP contribution is -2.72. The van der Waals surface area contributed by atoms with E-state index in [4.69, 9.17) is 10.2 Å². The largest absolute Gasteiger partial charge is 0.502 e. The molecule has 5 N–H and O–H groups in total. The summed E-state index contributed by atoms with van der Waals surface area (Å²) in [5.74, 6) is 0.127. The van der Waals surface area contributed by atoms with Crippen LogP contribution in [0.4, 0.5) is 5.69 Å². The predicted molar refractivity (Wildman–Crippen MR) is 126 cm³/mol. The molecule has 2 heterocycles. The summed E-state index contributed by atoms with van der Waals surface area (Å²) in [6.45, 7) is 8.08. The Kier molecular flexibility index (Phi) is 7.01. The van der Waals surface area contributed by atoms with E-state index >= 15 is 0 Å². The molecular weight excluding hydrogens is 450 g/mol. The van der Waals surface area contributed by atoms with Gasteiger partial charge in [0.1, 0.15) is 5.76 Å². The van der Waals surface area contributed by atoms with Crippen molar-refractivity contribution in [2.45, 2.75) is 62.7 Å². The molecule has 1 saturated carbocycles. The maximum Gasteiger partial charge on any atom is 0.269 e. The van der Waals surface area contributed by atoms with Gasteiger partial charge in [-0.05, 0) is 36.3 Å². The molecular formula is C21H31N5O4S2. The molecule has 32 heavy (non-hydrogen) atoms. The Morgan fingerprint density at radius 3 is 2.56 bits per heavy atom. The number of thiophene rings is 1. The van der Waals surface area contributed by atoms with Gasteiger partial charge >= 0.3 is 0 Å². The SMILES string of the molecule is CC(C)c1coc([C@H](NC(=[N-])C(N)=[NH+]c2csc(S(=O)(=O)N(C)C3CC3)c2O)C(C)C)c1. The first-order valence-electron chi connectivity index (χ1n) is 10.5. The fourth-order valence-corrected chi connectivity index (χ4v) is 6.02. The van der Waals surface area contributed by atoms with Gasteiger partial charge < -0.3 is 20.2 Å². The van der Waals surface area contributed by atoms with Crippen LogP contribution < -0.4 is 16.0 Å². The molecule has 1 aliphatic carbocycles. The van der Waals surface area contributed by atoms with Gasteiger partial charge in [0.05, 0.1) is 6.26 Å². The summed E-state index contributed by atoms with van der Waals surface area (Å²) in [6.07, 6.45) is 3.32. The van der Waals surface area contributed by atoms with Crippen molar-refractivity contribution in [1.29, 1.82) is 0 Å². The van der Waals surface area contributed by atoms with E-state index in [1.807, 2.05) is 19.9 Å². The topological polar surface area (TPSA) is 145 Å². The third-order valence-corrected chi connectivity index (χ3v) is 8.90. The molecule has 2 aromatic heterocycles. The van der Waals surface area contributed by atoms with Crippen LogP contribution in [0.1, 0.15) is 63.8 Å². The lowest BCUT2D eigenvalue weighted by Gasteiger charge is -2.27. The van der Waals surface area contributed by atoms with Gasteiger partial charge in [-0.3, -0.25) is 5.73 Å². The number of hydrogen-bond acceptors (Lipinski definition) is 5. The van der Waals surface area contributed by atoms with Crippen molar-refractivity contribution in [2.24, 2.45) is 11.7 Å². The summed E-state index contributed by atoms with van der Waals surface area (Å²) in [5, 5.41) is 25.4. The number of amidine groups is 2. The summed E-state index contributed by atoms with van der Waals surface area (Å²) in [6, 6.07) is 1.57. The first-order valence-corrected chi connectivity index (χ1v) is 12.8. The minimum atomic E-state index is -3.80. The van der Waals surface area contributed by atoms with Crippen LogP contribution in [0.3, 0.4) is 0 Å². The zero-order valence-electron chi connectivity index (χ0n) is 18.9. The van der Waals surface area contributed by atoms with Gasteiger partial charge in [0.25, 0.3) is 15.9 Å². The smallest absolute Gasteiger partial charge is 0.269 e. The van der Waals surface area contributed by atoms with Crippen molar-refractivity contribution < 1.29 is 22.9 Å². The Bertz CT molecular complexity index is 1110. The van der Waals surface area contributed by atoms with Crippen LogP contribution >= 0.6 is 11.3 Å². The summed E-state index contributed by atoms with van der Waals surface area (Å²) in [5.41, 5.74) is 7.15. The number of furan rings is 1. The van der Waals surface area contributed by atoms with Crippen molar-refractivity contribution in [2.75, 3.05) is 7.05 Å². The molecule has 0 radical (unpaired) electrons. The fraction of sp³-hybridized carbons (Fsp3) is 0.524. The second-order valence-corrected chi connectivity index (χ2v) is 11.8. The van der Waals surface area contributed by atoms with E-state index in [-0.39, 0.29) is 39.6 Å². The molecule has 1 fully saturated rings. The van der Waals surface area contributed by atoms with E-state index < -0.39 is 15.8 Å². The lowest BCUT2D eigenvalue weighted by molar-refractivity contribution is -0.353. The molecule has 176 valence electrons. The number of nitrogens with zero attached hydrogens (tertiary/aromatic N) is 2. The Labute approximate surface area is 192 Å². The number of rotatable bonds is 8. The van der Waals surface area contributed by atoms with Crippen LogP contribution in [0, 0.1) is 5.92 Å². The second kappa shape index (κ2) is 9.24. The molecule has 9 nitrogen and oxygen atoms in total. The van der Waals surface area contributed by atoms with Gasteiger partial charge in [-0.25, -0.2) is 13.4 Å². The van der Waals surface area contributed by atoms with Gasteiger partial charge in [-0.2, -0.15) is 4.31 Å². The third-order valence-electron chi connectivity index (χ3n) is 5.50. The molecule has 0 spiro atoms. The summed E-state index contributed by atoms with van der Waals surface area (Å²) in [4.78, 5) is 2.70. The van der Waals surface area contributed by atoms with Gasteiger partial charge in [0.15, 0.2) is 15.6 Å². The molecule has 0 saturated heterocycles. The van der Waals surface area contributed by atoms with Crippen molar-refractivity contribution in [3.05, 3.63) is 34.4 Å². The second-order valence-electron chi connectivity index (χ2n) is 8.73. The highest BCUT2D eigenvalue weighted by Gasteiger charge is 2.38. The first-order chi connectivity index (χ1) is 14.9. The summed E-state index contributed by atoms with van der Waals surface area (Å²) in [7, 11) is -2.29. The Morgan fingerprint density at radius 1 is 1.38 bits per heavy atom. The zero-order valence-corrected chi connectivity index (χ0v) is 20.5. The van der Waals surface area contributed by atoms with Crippen LogP contribution in [0.2, 0.25) is 0 Å². The number of nitrogens with two attached hydrogens (primary N) is 1. The van der Waals surface area contributed by atoms with E-state index in [9.17, 15) is 18.9 Å². The van der Waals surface area contributed by atoms with Gasteiger partial charge in [-0.1, -0.05) is 27.7 Å². The van der Waals surface area contributed by atoms with E-state index in [2.05, 4.69) is 24.2 Å². The van der Waals surface area contributed by atoms with Crippen molar-refractivity contribution >= 4 is 38.7 Å². The summed E-state index contributed by atoms with van der Waals surface area (Å²) >= 11 is 0.894. The van der Waals surface area contributed by atoms with Crippen molar-refractivity contribution in [3.63, 3.8) is 0 Å². The van der Waals surface area contributed by atoms with E-state index in [1.54, 1.807) is 6.26 Å². The van der Waals surface area contributed by atoms with Crippen LogP contribution in [0.5, 0.6) is 5.75 Å².